The average Bonchev–Trinajstić information content (AvgIpc) is 2.38. The molecule has 1 aromatic heterocycles. The second kappa shape index (κ2) is 5.27. The third-order valence-corrected chi connectivity index (χ3v) is 2.37. The van der Waals surface area contributed by atoms with Crippen molar-refractivity contribution < 1.29 is 13.5 Å². The molecule has 0 bridgehead atoms. The fourth-order valence-corrected chi connectivity index (χ4v) is 1.53. The Hall–Kier alpha value is -2.08. The van der Waals surface area contributed by atoms with E-state index in [1.165, 1.54) is 12.1 Å². The molecule has 0 saturated carbocycles. The highest BCUT2D eigenvalue weighted by Gasteiger charge is 2.22. The minimum atomic E-state index is -3.19. The molecule has 4 nitrogen and oxygen atoms in total. The number of nitrogens with zero attached hydrogens (tertiary/aromatic N) is 2. The highest BCUT2D eigenvalue weighted by atomic mass is 19.3. The lowest BCUT2D eigenvalue weighted by atomic mass is 10.1. The Balaban J connectivity index is 2.17. The average molecular weight is 265 g/mol. The summed E-state index contributed by atoms with van der Waals surface area (Å²) in [4.78, 5) is 8.14. The molecule has 2 N–H and O–H groups in total. The van der Waals surface area contributed by atoms with E-state index in [1.807, 2.05) is 0 Å². The molecule has 1 aromatic carbocycles. The second-order valence-corrected chi connectivity index (χ2v) is 4.03. The first-order valence-electron chi connectivity index (χ1n) is 5.66. The highest BCUT2D eigenvalue weighted by molar-refractivity contribution is 5.62. The monoisotopic (exact) mass is 265 g/mol. The predicted octanol–water partition coefficient (Wildman–Crippen LogP) is 2.59. The van der Waals surface area contributed by atoms with Gasteiger partial charge in [-0.3, -0.25) is 0 Å². The summed E-state index contributed by atoms with van der Waals surface area (Å²) in [6.45, 7) is 0.971. The number of alkyl halides is 2. The lowest BCUT2D eigenvalue weighted by molar-refractivity contribution is -0.158. The Labute approximate surface area is 109 Å². The topological polar surface area (TPSA) is 61.0 Å². The Morgan fingerprint density at radius 3 is 2.16 bits per heavy atom. The maximum atomic E-state index is 12.7. The van der Waals surface area contributed by atoms with Crippen LogP contribution in [0.25, 0.3) is 11.1 Å². The summed E-state index contributed by atoms with van der Waals surface area (Å²) in [6, 6.07) is 6.29. The first kappa shape index (κ1) is 13.4. The van der Waals surface area contributed by atoms with Crippen molar-refractivity contribution in [2.75, 3.05) is 0 Å². The van der Waals surface area contributed by atoms with E-state index in [4.69, 9.17) is 5.73 Å². The van der Waals surface area contributed by atoms with Crippen molar-refractivity contribution in [3.63, 3.8) is 0 Å². The lowest BCUT2D eigenvalue weighted by Gasteiger charge is -2.13. The van der Waals surface area contributed by atoms with E-state index in [1.54, 1.807) is 24.5 Å². The number of aromatic nitrogens is 2. The Bertz CT molecular complexity index is 535. The van der Waals surface area contributed by atoms with Gasteiger partial charge in [-0.2, -0.15) is 8.78 Å². The van der Waals surface area contributed by atoms with Crippen molar-refractivity contribution >= 4 is 0 Å². The number of hydrogen-bond acceptors (Lipinski definition) is 4. The molecule has 2 rings (SSSR count). The third kappa shape index (κ3) is 3.69. The molecule has 0 radical (unpaired) electrons. The summed E-state index contributed by atoms with van der Waals surface area (Å²) in [5.41, 5.74) is 7.00. The number of nitrogens with two attached hydrogens (primary N) is 1. The number of ether oxygens (including phenoxy) is 1. The molecule has 1 heterocycles. The van der Waals surface area contributed by atoms with E-state index in [-0.39, 0.29) is 12.3 Å². The molecule has 0 spiro atoms. The maximum absolute atomic E-state index is 12.7. The van der Waals surface area contributed by atoms with Gasteiger partial charge in [-0.05, 0) is 17.7 Å². The van der Waals surface area contributed by atoms with Crippen molar-refractivity contribution in [1.29, 1.82) is 0 Å². The summed E-state index contributed by atoms with van der Waals surface area (Å²) in [6.07, 6.45) is 0.0896. The SMILES string of the molecule is CC(F)(F)Oc1ccc(-c2cnc(CN)nc2)cc1. The van der Waals surface area contributed by atoms with Crippen LogP contribution in [0.2, 0.25) is 0 Å². The summed E-state index contributed by atoms with van der Waals surface area (Å²) in [5.74, 6) is 0.657. The van der Waals surface area contributed by atoms with Gasteiger partial charge in [-0.1, -0.05) is 12.1 Å². The zero-order valence-corrected chi connectivity index (χ0v) is 10.3. The number of halogens is 2. The molecule has 100 valence electrons. The van der Waals surface area contributed by atoms with Crippen molar-refractivity contribution in [3.05, 3.63) is 42.5 Å². The van der Waals surface area contributed by atoms with Crippen LogP contribution in [0.1, 0.15) is 12.7 Å². The van der Waals surface area contributed by atoms with Gasteiger partial charge in [-0.15, -0.1) is 0 Å². The molecule has 6 heteroatoms. The van der Waals surface area contributed by atoms with E-state index in [0.717, 1.165) is 11.1 Å². The van der Waals surface area contributed by atoms with Crippen LogP contribution in [0.3, 0.4) is 0 Å². The normalized spacial score (nSPS) is 11.4. The van der Waals surface area contributed by atoms with Crippen LogP contribution in [0.4, 0.5) is 8.78 Å². The zero-order valence-electron chi connectivity index (χ0n) is 10.3. The van der Waals surface area contributed by atoms with Crippen LogP contribution in [0.5, 0.6) is 5.75 Å². The quantitative estimate of drug-likeness (QED) is 0.923. The number of hydrogen-bond donors (Lipinski definition) is 1. The van der Waals surface area contributed by atoms with Crippen LogP contribution >= 0.6 is 0 Å². The van der Waals surface area contributed by atoms with Gasteiger partial charge < -0.3 is 10.5 Å². The van der Waals surface area contributed by atoms with Gasteiger partial charge >= 0.3 is 6.11 Å². The molecule has 2 aromatic rings. The summed E-state index contributed by atoms with van der Waals surface area (Å²) >= 11 is 0. The van der Waals surface area contributed by atoms with Crippen LogP contribution in [-0.4, -0.2) is 16.1 Å². The molecule has 0 amide bonds. The first-order valence-corrected chi connectivity index (χ1v) is 5.66. The Kier molecular flexibility index (Phi) is 3.71. The van der Waals surface area contributed by atoms with Gasteiger partial charge in [0, 0.05) is 24.9 Å². The molecular formula is C13H13F2N3O. The molecule has 0 unspecified atom stereocenters. The molecule has 0 aliphatic heterocycles. The van der Waals surface area contributed by atoms with Gasteiger partial charge in [-0.25, -0.2) is 9.97 Å². The van der Waals surface area contributed by atoms with Crippen molar-refractivity contribution in [2.24, 2.45) is 5.73 Å². The van der Waals surface area contributed by atoms with Crippen LogP contribution in [0.15, 0.2) is 36.7 Å². The smallest absolute Gasteiger partial charge is 0.394 e. The van der Waals surface area contributed by atoms with Gasteiger partial charge in [0.2, 0.25) is 0 Å². The zero-order chi connectivity index (χ0) is 13.9. The summed E-state index contributed by atoms with van der Waals surface area (Å²) in [5, 5.41) is 0. The van der Waals surface area contributed by atoms with Gasteiger partial charge in [0.25, 0.3) is 0 Å². The molecule has 0 fully saturated rings. The van der Waals surface area contributed by atoms with E-state index >= 15 is 0 Å². The van der Waals surface area contributed by atoms with Gasteiger partial charge in [0.1, 0.15) is 11.6 Å². The Morgan fingerprint density at radius 1 is 1.11 bits per heavy atom. The first-order chi connectivity index (χ1) is 8.98. The lowest BCUT2D eigenvalue weighted by Crippen LogP contribution is -2.18. The second-order valence-electron chi connectivity index (χ2n) is 4.03. The summed E-state index contributed by atoms with van der Waals surface area (Å²) in [7, 11) is 0. The minimum Gasteiger partial charge on any atom is -0.433 e. The molecule has 0 saturated heterocycles. The highest BCUT2D eigenvalue weighted by Crippen LogP contribution is 2.24. The maximum Gasteiger partial charge on any atom is 0.394 e. The number of rotatable bonds is 4. The van der Waals surface area contributed by atoms with Gasteiger partial charge in [0.05, 0.1) is 6.54 Å². The van der Waals surface area contributed by atoms with Crippen molar-refractivity contribution in [1.82, 2.24) is 9.97 Å². The fraction of sp³-hybridized carbons (Fsp3) is 0.231. The van der Waals surface area contributed by atoms with E-state index in [0.29, 0.717) is 12.7 Å². The van der Waals surface area contributed by atoms with Crippen LogP contribution < -0.4 is 10.5 Å². The standard InChI is InChI=1S/C13H13F2N3O/c1-13(14,15)19-11-4-2-9(3-5-11)10-7-17-12(6-16)18-8-10/h2-5,7-8H,6,16H2,1H3. The third-order valence-electron chi connectivity index (χ3n) is 2.37. The largest absolute Gasteiger partial charge is 0.433 e. The fourth-order valence-electron chi connectivity index (χ4n) is 1.53. The van der Waals surface area contributed by atoms with E-state index in [9.17, 15) is 8.78 Å². The van der Waals surface area contributed by atoms with Crippen LogP contribution in [-0.2, 0) is 6.54 Å². The minimum absolute atomic E-state index is 0.107. The molecule has 0 atom stereocenters. The Morgan fingerprint density at radius 2 is 1.68 bits per heavy atom. The van der Waals surface area contributed by atoms with Crippen molar-refractivity contribution in [3.8, 4) is 16.9 Å². The van der Waals surface area contributed by atoms with E-state index in [2.05, 4.69) is 14.7 Å². The summed E-state index contributed by atoms with van der Waals surface area (Å²) < 4.78 is 29.8. The molecule has 19 heavy (non-hydrogen) atoms. The van der Waals surface area contributed by atoms with E-state index < -0.39 is 6.11 Å². The molecule has 0 aliphatic carbocycles. The predicted molar refractivity (Wildman–Crippen MR) is 66.6 cm³/mol. The van der Waals surface area contributed by atoms with Crippen LogP contribution in [0, 0.1) is 0 Å². The molecular weight excluding hydrogens is 252 g/mol. The number of benzene rings is 1. The van der Waals surface area contributed by atoms with Crippen molar-refractivity contribution in [2.45, 2.75) is 19.6 Å². The van der Waals surface area contributed by atoms with Gasteiger partial charge in [0.15, 0.2) is 0 Å². The molecule has 0 aliphatic rings.